The van der Waals surface area contributed by atoms with Crippen molar-refractivity contribution in [3.8, 4) is 0 Å². The number of halogens is 1. The van der Waals surface area contributed by atoms with E-state index < -0.39 is 5.82 Å². The molecular weight excluding hydrogens is 387 g/mol. The third kappa shape index (κ3) is 5.67. The fourth-order valence-corrected chi connectivity index (χ4v) is 4.37. The number of thioether (sulfide) groups is 1. The summed E-state index contributed by atoms with van der Waals surface area (Å²) in [6.07, 6.45) is 1.99. The van der Waals surface area contributed by atoms with Gasteiger partial charge >= 0.3 is 0 Å². The van der Waals surface area contributed by atoms with Crippen LogP contribution in [0.2, 0.25) is 0 Å². The Bertz CT molecular complexity index is 887. The van der Waals surface area contributed by atoms with Crippen LogP contribution in [0.25, 0.3) is 0 Å². The number of rotatable bonds is 8. The number of fused-ring (bicyclic) bond motifs is 1. The number of nitrogens with one attached hydrogen (secondary N) is 1. The Labute approximate surface area is 175 Å². The summed E-state index contributed by atoms with van der Waals surface area (Å²) in [5.74, 6) is -0.603. The van der Waals surface area contributed by atoms with Gasteiger partial charge in [-0.1, -0.05) is 37.3 Å². The quantitative estimate of drug-likeness (QED) is 0.523. The molecule has 6 heteroatoms. The standard InChI is InChI=1S/C23H27FN2O2S/c1-3-20(26-11-10-17-6-4-5-7-19(17)14-26)13-25-23(28)15-29-22-9-8-18(16(2)27)12-21(22)24/h4-9,12,20H,3,10-11,13-15H2,1-2H3,(H,25,28). The highest BCUT2D eigenvalue weighted by atomic mass is 32.2. The predicted molar refractivity (Wildman–Crippen MR) is 115 cm³/mol. The first-order chi connectivity index (χ1) is 14.0. The van der Waals surface area contributed by atoms with Crippen molar-refractivity contribution in [1.29, 1.82) is 0 Å². The minimum atomic E-state index is -0.464. The summed E-state index contributed by atoms with van der Waals surface area (Å²) in [6, 6.07) is 13.2. The van der Waals surface area contributed by atoms with Gasteiger partial charge in [-0.3, -0.25) is 14.5 Å². The lowest BCUT2D eigenvalue weighted by Crippen LogP contribution is -2.46. The molecular formula is C23H27FN2O2S. The second-order valence-electron chi connectivity index (χ2n) is 7.35. The van der Waals surface area contributed by atoms with Crippen LogP contribution in [0, 0.1) is 5.82 Å². The van der Waals surface area contributed by atoms with Crippen molar-refractivity contribution in [3.05, 3.63) is 65.0 Å². The number of hydrogen-bond donors (Lipinski definition) is 1. The molecule has 0 saturated heterocycles. The van der Waals surface area contributed by atoms with Gasteiger partial charge in [0.2, 0.25) is 5.91 Å². The molecule has 1 heterocycles. The van der Waals surface area contributed by atoms with Gasteiger partial charge in [0.25, 0.3) is 0 Å². The molecule has 2 aromatic rings. The number of amides is 1. The first-order valence-electron chi connectivity index (χ1n) is 9.98. The van der Waals surface area contributed by atoms with Gasteiger partial charge in [0, 0.05) is 36.1 Å². The topological polar surface area (TPSA) is 49.4 Å². The molecule has 0 fully saturated rings. The average Bonchev–Trinajstić information content (AvgIpc) is 2.73. The normalized spacial score (nSPS) is 14.9. The number of ketones is 1. The van der Waals surface area contributed by atoms with Gasteiger partial charge in [-0.25, -0.2) is 4.39 Å². The largest absolute Gasteiger partial charge is 0.354 e. The van der Waals surface area contributed by atoms with E-state index in [4.69, 9.17) is 0 Å². The lowest BCUT2D eigenvalue weighted by Gasteiger charge is -2.35. The Hall–Kier alpha value is -2.18. The molecule has 1 unspecified atom stereocenters. The monoisotopic (exact) mass is 414 g/mol. The van der Waals surface area contributed by atoms with Crippen LogP contribution in [0.5, 0.6) is 0 Å². The molecule has 29 heavy (non-hydrogen) atoms. The molecule has 3 rings (SSSR count). The van der Waals surface area contributed by atoms with Crippen LogP contribution in [-0.4, -0.2) is 41.5 Å². The number of carbonyl (C=O) groups excluding carboxylic acids is 2. The second-order valence-corrected chi connectivity index (χ2v) is 8.36. The van der Waals surface area contributed by atoms with Gasteiger partial charge in [0.1, 0.15) is 5.82 Å². The summed E-state index contributed by atoms with van der Waals surface area (Å²) in [6.45, 7) is 6.03. The fraction of sp³-hybridized carbons (Fsp3) is 0.391. The van der Waals surface area contributed by atoms with Crippen molar-refractivity contribution in [2.24, 2.45) is 0 Å². The minimum absolute atomic E-state index is 0.110. The third-order valence-electron chi connectivity index (χ3n) is 5.38. The van der Waals surface area contributed by atoms with Crippen LogP contribution in [0.3, 0.4) is 0 Å². The predicted octanol–water partition coefficient (Wildman–Crippen LogP) is 4.07. The minimum Gasteiger partial charge on any atom is -0.354 e. The molecule has 1 aliphatic heterocycles. The van der Waals surface area contributed by atoms with Crippen LogP contribution >= 0.6 is 11.8 Å². The molecule has 0 aliphatic carbocycles. The number of hydrogen-bond acceptors (Lipinski definition) is 4. The molecule has 0 spiro atoms. The highest BCUT2D eigenvalue weighted by Gasteiger charge is 2.22. The number of carbonyl (C=O) groups is 2. The molecule has 154 valence electrons. The van der Waals surface area contributed by atoms with Crippen molar-refractivity contribution in [3.63, 3.8) is 0 Å². The Morgan fingerprint density at radius 2 is 1.97 bits per heavy atom. The van der Waals surface area contributed by atoms with Crippen molar-refractivity contribution < 1.29 is 14.0 Å². The maximum Gasteiger partial charge on any atom is 0.230 e. The lowest BCUT2D eigenvalue weighted by molar-refractivity contribution is -0.118. The summed E-state index contributed by atoms with van der Waals surface area (Å²) in [4.78, 5) is 26.4. The van der Waals surface area contributed by atoms with E-state index in [0.29, 0.717) is 17.0 Å². The molecule has 0 aromatic heterocycles. The maximum absolute atomic E-state index is 14.1. The molecule has 1 amide bonds. The first kappa shape index (κ1) is 21.5. The van der Waals surface area contributed by atoms with Gasteiger partial charge in [-0.15, -0.1) is 11.8 Å². The van der Waals surface area contributed by atoms with E-state index in [9.17, 15) is 14.0 Å². The van der Waals surface area contributed by atoms with E-state index in [0.717, 1.165) is 37.7 Å². The van der Waals surface area contributed by atoms with Crippen LogP contribution in [0.15, 0.2) is 47.4 Å². The zero-order valence-corrected chi connectivity index (χ0v) is 17.7. The summed E-state index contributed by atoms with van der Waals surface area (Å²) >= 11 is 1.15. The molecule has 1 atom stereocenters. The third-order valence-corrected chi connectivity index (χ3v) is 6.43. The van der Waals surface area contributed by atoms with E-state index in [1.165, 1.54) is 24.1 Å². The maximum atomic E-state index is 14.1. The van der Waals surface area contributed by atoms with Crippen LogP contribution < -0.4 is 5.32 Å². The Kier molecular flexibility index (Phi) is 7.45. The van der Waals surface area contributed by atoms with E-state index >= 15 is 0 Å². The first-order valence-corrected chi connectivity index (χ1v) is 11.0. The van der Waals surface area contributed by atoms with Crippen LogP contribution in [0.1, 0.15) is 41.8 Å². The zero-order valence-electron chi connectivity index (χ0n) is 16.9. The van der Waals surface area contributed by atoms with E-state index in [2.05, 4.69) is 41.4 Å². The van der Waals surface area contributed by atoms with E-state index in [1.54, 1.807) is 12.1 Å². The summed E-state index contributed by atoms with van der Waals surface area (Å²) in [5, 5.41) is 3.00. The lowest BCUT2D eigenvalue weighted by atomic mass is 9.98. The molecule has 2 aromatic carbocycles. The summed E-state index contributed by atoms with van der Waals surface area (Å²) < 4.78 is 14.1. The van der Waals surface area contributed by atoms with Gasteiger partial charge in [-0.2, -0.15) is 0 Å². The van der Waals surface area contributed by atoms with Gasteiger partial charge in [-0.05, 0) is 43.0 Å². The Balaban J connectivity index is 1.49. The van der Waals surface area contributed by atoms with E-state index in [1.807, 2.05) is 0 Å². The fourth-order valence-electron chi connectivity index (χ4n) is 3.62. The average molecular weight is 415 g/mol. The van der Waals surface area contributed by atoms with E-state index in [-0.39, 0.29) is 23.5 Å². The molecule has 0 bridgehead atoms. The molecule has 4 nitrogen and oxygen atoms in total. The Morgan fingerprint density at radius 3 is 2.66 bits per heavy atom. The summed E-state index contributed by atoms with van der Waals surface area (Å²) in [5.41, 5.74) is 3.12. The highest BCUT2D eigenvalue weighted by Crippen LogP contribution is 2.23. The van der Waals surface area contributed by atoms with Crippen LogP contribution in [0.4, 0.5) is 4.39 Å². The smallest absolute Gasteiger partial charge is 0.230 e. The number of Topliss-reactive ketones (excluding diaryl/α,β-unsaturated/α-hetero) is 1. The molecule has 1 N–H and O–H groups in total. The van der Waals surface area contributed by atoms with Crippen molar-refractivity contribution in [1.82, 2.24) is 10.2 Å². The number of benzene rings is 2. The van der Waals surface area contributed by atoms with Gasteiger partial charge in [0.05, 0.1) is 5.75 Å². The molecule has 0 radical (unpaired) electrons. The van der Waals surface area contributed by atoms with Crippen LogP contribution in [-0.2, 0) is 17.8 Å². The highest BCUT2D eigenvalue weighted by molar-refractivity contribution is 8.00. The van der Waals surface area contributed by atoms with Crippen molar-refractivity contribution in [2.45, 2.75) is 44.2 Å². The summed E-state index contributed by atoms with van der Waals surface area (Å²) in [7, 11) is 0. The molecule has 0 saturated carbocycles. The van der Waals surface area contributed by atoms with Crippen molar-refractivity contribution >= 4 is 23.5 Å². The SMILES string of the molecule is CCC(CNC(=O)CSc1ccc(C(C)=O)cc1F)N1CCc2ccccc2C1. The number of nitrogens with zero attached hydrogens (tertiary/aromatic N) is 1. The van der Waals surface area contributed by atoms with Crippen molar-refractivity contribution in [2.75, 3.05) is 18.8 Å². The zero-order chi connectivity index (χ0) is 20.8. The van der Waals surface area contributed by atoms with Gasteiger partial charge < -0.3 is 5.32 Å². The Morgan fingerprint density at radius 1 is 1.21 bits per heavy atom. The van der Waals surface area contributed by atoms with Gasteiger partial charge in [0.15, 0.2) is 5.78 Å². The molecule has 1 aliphatic rings. The second kappa shape index (κ2) is 10.0.